The van der Waals surface area contributed by atoms with Gasteiger partial charge in [-0.15, -0.1) is 0 Å². The molecule has 1 aromatic heterocycles. The Morgan fingerprint density at radius 2 is 1.78 bits per heavy atom. The minimum Gasteiger partial charge on any atom is -0.348 e. The van der Waals surface area contributed by atoms with E-state index in [0.29, 0.717) is 22.0 Å². The number of amides is 1. The molecule has 0 radical (unpaired) electrons. The van der Waals surface area contributed by atoms with Crippen molar-refractivity contribution in [1.82, 2.24) is 14.6 Å². The van der Waals surface area contributed by atoms with E-state index < -0.39 is 10.0 Å². The smallest absolute Gasteiger partial charge is 0.252 e. The van der Waals surface area contributed by atoms with Gasteiger partial charge in [-0.25, -0.2) is 17.7 Å². The molecule has 8 heteroatoms. The summed E-state index contributed by atoms with van der Waals surface area (Å²) in [6.45, 7) is 0.0658. The van der Waals surface area contributed by atoms with Gasteiger partial charge in [0.2, 0.25) is 10.0 Å². The summed E-state index contributed by atoms with van der Waals surface area (Å²) in [4.78, 5) is 17.1. The molecule has 0 aliphatic heterocycles. The Morgan fingerprint density at radius 1 is 1.11 bits per heavy atom. The van der Waals surface area contributed by atoms with E-state index in [9.17, 15) is 13.2 Å². The van der Waals surface area contributed by atoms with E-state index in [1.54, 1.807) is 30.3 Å². The van der Waals surface area contributed by atoms with E-state index in [-0.39, 0.29) is 22.5 Å². The highest BCUT2D eigenvalue weighted by Gasteiger charge is 2.21. The van der Waals surface area contributed by atoms with Gasteiger partial charge >= 0.3 is 0 Å². The number of pyridine rings is 1. The molecule has 140 valence electrons. The van der Waals surface area contributed by atoms with Crippen molar-refractivity contribution in [3.05, 3.63) is 70.9 Å². The number of carbonyl (C=O) groups excluding carboxylic acids is 1. The maximum absolute atomic E-state index is 12.7. The van der Waals surface area contributed by atoms with Gasteiger partial charge in [0, 0.05) is 26.0 Å². The van der Waals surface area contributed by atoms with Crippen LogP contribution in [0.25, 0.3) is 10.9 Å². The van der Waals surface area contributed by atoms with Gasteiger partial charge in [0.1, 0.15) is 5.15 Å². The number of fused-ring (bicyclic) bond motifs is 1. The molecule has 2 aromatic carbocycles. The van der Waals surface area contributed by atoms with Crippen LogP contribution in [0.4, 0.5) is 0 Å². The molecule has 1 heterocycles. The van der Waals surface area contributed by atoms with Crippen molar-refractivity contribution in [3.8, 4) is 0 Å². The average molecular weight is 404 g/mol. The Bertz CT molecular complexity index is 1110. The van der Waals surface area contributed by atoms with Gasteiger partial charge in [-0.1, -0.05) is 48.0 Å². The summed E-state index contributed by atoms with van der Waals surface area (Å²) in [5, 5.41) is 3.67. The number of carbonyl (C=O) groups is 1. The van der Waals surface area contributed by atoms with E-state index in [0.717, 1.165) is 4.31 Å². The van der Waals surface area contributed by atoms with Gasteiger partial charge in [0.05, 0.1) is 16.0 Å². The first-order valence-corrected chi connectivity index (χ1v) is 9.96. The fraction of sp³-hybridized carbons (Fsp3) is 0.158. The Balaban J connectivity index is 1.90. The second-order valence-electron chi connectivity index (χ2n) is 6.09. The lowest BCUT2D eigenvalue weighted by molar-refractivity contribution is 0.0952. The van der Waals surface area contributed by atoms with Gasteiger partial charge in [-0.3, -0.25) is 4.79 Å². The lowest BCUT2D eigenvalue weighted by atomic mass is 10.1. The van der Waals surface area contributed by atoms with Crippen molar-refractivity contribution in [3.63, 3.8) is 0 Å². The zero-order valence-corrected chi connectivity index (χ0v) is 16.4. The fourth-order valence-corrected chi connectivity index (χ4v) is 4.02. The van der Waals surface area contributed by atoms with E-state index in [4.69, 9.17) is 11.6 Å². The molecule has 3 rings (SSSR count). The van der Waals surface area contributed by atoms with Crippen molar-refractivity contribution < 1.29 is 13.2 Å². The Labute approximate surface area is 162 Å². The molecule has 0 saturated carbocycles. The molecule has 0 atom stereocenters. The van der Waals surface area contributed by atoms with Crippen LogP contribution in [-0.4, -0.2) is 37.7 Å². The van der Waals surface area contributed by atoms with Crippen LogP contribution in [-0.2, 0) is 16.6 Å². The summed E-state index contributed by atoms with van der Waals surface area (Å²) >= 11 is 6.03. The minimum atomic E-state index is -3.61. The summed E-state index contributed by atoms with van der Waals surface area (Å²) in [5.41, 5.74) is 1.51. The zero-order valence-electron chi connectivity index (χ0n) is 14.8. The molecular formula is C19H18ClN3O3S. The van der Waals surface area contributed by atoms with E-state index >= 15 is 0 Å². The molecule has 0 unspecified atom stereocenters. The van der Waals surface area contributed by atoms with Crippen molar-refractivity contribution in [1.29, 1.82) is 0 Å². The SMILES string of the molecule is CN(C)S(=O)(=O)c1ccccc1CNC(=O)c1cc(Cl)nc2ccccc12. The first-order chi connectivity index (χ1) is 12.8. The van der Waals surface area contributed by atoms with Crippen LogP contribution in [0.3, 0.4) is 0 Å². The number of benzene rings is 2. The second kappa shape index (κ2) is 7.64. The summed E-state index contributed by atoms with van der Waals surface area (Å²) in [6.07, 6.45) is 0. The third-order valence-electron chi connectivity index (χ3n) is 4.10. The number of para-hydroxylation sites is 1. The third kappa shape index (κ3) is 3.95. The quantitative estimate of drug-likeness (QED) is 0.664. The van der Waals surface area contributed by atoms with Crippen LogP contribution in [0.1, 0.15) is 15.9 Å². The van der Waals surface area contributed by atoms with Gasteiger partial charge in [-0.2, -0.15) is 0 Å². The topological polar surface area (TPSA) is 79.4 Å². The molecule has 1 N–H and O–H groups in total. The van der Waals surface area contributed by atoms with Crippen LogP contribution in [0, 0.1) is 0 Å². The first-order valence-electron chi connectivity index (χ1n) is 8.14. The van der Waals surface area contributed by atoms with Gasteiger partial charge in [-0.05, 0) is 23.8 Å². The number of nitrogens with zero attached hydrogens (tertiary/aromatic N) is 2. The van der Waals surface area contributed by atoms with Gasteiger partial charge in [0.25, 0.3) is 5.91 Å². The summed E-state index contributed by atoms with van der Waals surface area (Å²) < 4.78 is 26.1. The Morgan fingerprint density at radius 3 is 2.52 bits per heavy atom. The highest BCUT2D eigenvalue weighted by atomic mass is 35.5. The van der Waals surface area contributed by atoms with Crippen molar-refractivity contribution in [2.75, 3.05) is 14.1 Å². The van der Waals surface area contributed by atoms with Crippen LogP contribution < -0.4 is 5.32 Å². The van der Waals surface area contributed by atoms with Crippen LogP contribution in [0.15, 0.2) is 59.5 Å². The van der Waals surface area contributed by atoms with Crippen molar-refractivity contribution >= 4 is 38.4 Å². The van der Waals surface area contributed by atoms with Crippen LogP contribution in [0.5, 0.6) is 0 Å². The normalized spacial score (nSPS) is 11.7. The average Bonchev–Trinajstić information content (AvgIpc) is 2.65. The van der Waals surface area contributed by atoms with Crippen LogP contribution in [0.2, 0.25) is 5.15 Å². The predicted octanol–water partition coefficient (Wildman–Crippen LogP) is 3.07. The molecule has 0 bridgehead atoms. The predicted molar refractivity (Wildman–Crippen MR) is 105 cm³/mol. The molecule has 0 aliphatic rings. The molecule has 27 heavy (non-hydrogen) atoms. The fourth-order valence-electron chi connectivity index (χ4n) is 2.70. The van der Waals surface area contributed by atoms with E-state index in [1.807, 2.05) is 12.1 Å². The molecular weight excluding hydrogens is 386 g/mol. The Kier molecular flexibility index (Phi) is 5.46. The zero-order chi connectivity index (χ0) is 19.6. The Hall–Kier alpha value is -2.48. The highest BCUT2D eigenvalue weighted by molar-refractivity contribution is 7.89. The van der Waals surface area contributed by atoms with E-state index in [2.05, 4.69) is 10.3 Å². The molecule has 3 aromatic rings. The first kappa shape index (κ1) is 19.3. The second-order valence-corrected chi connectivity index (χ2v) is 8.60. The maximum atomic E-state index is 12.7. The number of nitrogens with one attached hydrogen (secondary N) is 1. The number of hydrogen-bond acceptors (Lipinski definition) is 4. The molecule has 1 amide bonds. The molecule has 0 saturated heterocycles. The molecule has 6 nitrogen and oxygen atoms in total. The number of sulfonamides is 1. The van der Waals surface area contributed by atoms with Crippen molar-refractivity contribution in [2.24, 2.45) is 0 Å². The van der Waals surface area contributed by atoms with E-state index in [1.165, 1.54) is 26.2 Å². The summed E-state index contributed by atoms with van der Waals surface area (Å²) in [6, 6.07) is 15.3. The molecule has 0 fully saturated rings. The molecule has 0 aliphatic carbocycles. The minimum absolute atomic E-state index is 0.0658. The van der Waals surface area contributed by atoms with Crippen molar-refractivity contribution in [2.45, 2.75) is 11.4 Å². The van der Waals surface area contributed by atoms with Gasteiger partial charge < -0.3 is 5.32 Å². The third-order valence-corrected chi connectivity index (χ3v) is 6.21. The summed E-state index contributed by atoms with van der Waals surface area (Å²) in [7, 11) is -0.674. The lowest BCUT2D eigenvalue weighted by Crippen LogP contribution is -2.27. The standard InChI is InChI=1S/C19H18ClN3O3S/c1-23(2)27(25,26)17-10-6-3-7-13(17)12-21-19(24)15-11-18(20)22-16-9-5-4-8-14(15)16/h3-11H,12H2,1-2H3,(H,21,24). The van der Waals surface area contributed by atoms with Crippen LogP contribution >= 0.6 is 11.6 Å². The monoisotopic (exact) mass is 403 g/mol. The molecule has 0 spiro atoms. The number of aromatic nitrogens is 1. The summed E-state index contributed by atoms with van der Waals surface area (Å²) in [5.74, 6) is -0.354. The number of hydrogen-bond donors (Lipinski definition) is 1. The highest BCUT2D eigenvalue weighted by Crippen LogP contribution is 2.22. The largest absolute Gasteiger partial charge is 0.348 e. The maximum Gasteiger partial charge on any atom is 0.252 e. The number of halogens is 1. The lowest BCUT2D eigenvalue weighted by Gasteiger charge is -2.15. The van der Waals surface area contributed by atoms with Gasteiger partial charge in [0.15, 0.2) is 0 Å². The number of rotatable bonds is 5.